The molecule has 0 fully saturated rings. The number of carbonyl (C=O) groups is 1. The summed E-state index contributed by atoms with van der Waals surface area (Å²) in [6.45, 7) is 2.22. The number of nitrogens with one attached hydrogen (secondary N) is 1. The van der Waals surface area contributed by atoms with Gasteiger partial charge in [-0.3, -0.25) is 4.79 Å². The molecule has 0 spiro atoms. The third-order valence-electron chi connectivity index (χ3n) is 2.59. The zero-order valence-corrected chi connectivity index (χ0v) is 12.4. The Kier molecular flexibility index (Phi) is 5.14. The van der Waals surface area contributed by atoms with Crippen LogP contribution < -0.4 is 5.32 Å². The fourth-order valence-electron chi connectivity index (χ4n) is 1.54. The van der Waals surface area contributed by atoms with Crippen molar-refractivity contribution in [1.82, 2.24) is 5.32 Å². The van der Waals surface area contributed by atoms with E-state index < -0.39 is 11.6 Å². The van der Waals surface area contributed by atoms with Gasteiger partial charge < -0.3 is 5.32 Å². The summed E-state index contributed by atoms with van der Waals surface area (Å²) >= 11 is 2.77. The molecule has 2 aromatic rings. The van der Waals surface area contributed by atoms with Gasteiger partial charge in [0.15, 0.2) is 11.6 Å². The molecule has 0 aliphatic carbocycles. The predicted molar refractivity (Wildman–Crippen MR) is 77.8 cm³/mol. The van der Waals surface area contributed by atoms with Crippen molar-refractivity contribution in [3.63, 3.8) is 0 Å². The highest BCUT2D eigenvalue weighted by molar-refractivity contribution is 8.00. The Morgan fingerprint density at radius 1 is 1.35 bits per heavy atom. The summed E-state index contributed by atoms with van der Waals surface area (Å²) in [7, 11) is 0. The van der Waals surface area contributed by atoms with Crippen LogP contribution in [0.3, 0.4) is 0 Å². The molecule has 1 heterocycles. The largest absolute Gasteiger partial charge is 0.350 e. The molecular formula is C14H13F2NOS2. The molecule has 0 saturated heterocycles. The predicted octanol–water partition coefficient (Wildman–Crippen LogP) is 3.82. The summed E-state index contributed by atoms with van der Waals surface area (Å²) < 4.78 is 25.9. The first-order valence-corrected chi connectivity index (χ1v) is 7.74. The maximum absolute atomic E-state index is 13.1. The van der Waals surface area contributed by atoms with Crippen molar-refractivity contribution in [3.8, 4) is 0 Å². The van der Waals surface area contributed by atoms with Gasteiger partial charge in [-0.05, 0) is 36.6 Å². The van der Waals surface area contributed by atoms with Gasteiger partial charge in [0.1, 0.15) is 0 Å². The molecule has 1 atom stereocenters. The van der Waals surface area contributed by atoms with Gasteiger partial charge in [-0.25, -0.2) is 8.78 Å². The molecule has 0 saturated carbocycles. The second-order valence-corrected chi connectivity index (χ2v) is 6.58. The monoisotopic (exact) mass is 313 g/mol. The topological polar surface area (TPSA) is 29.1 Å². The van der Waals surface area contributed by atoms with Crippen LogP contribution in [0.2, 0.25) is 0 Å². The van der Waals surface area contributed by atoms with Crippen LogP contribution >= 0.6 is 23.1 Å². The van der Waals surface area contributed by atoms with E-state index in [1.807, 2.05) is 17.5 Å². The molecule has 2 nitrogen and oxygen atoms in total. The first-order chi connectivity index (χ1) is 9.56. The molecule has 0 radical (unpaired) electrons. The van der Waals surface area contributed by atoms with Crippen molar-refractivity contribution in [2.24, 2.45) is 0 Å². The Morgan fingerprint density at radius 2 is 2.15 bits per heavy atom. The number of hydrogen-bond acceptors (Lipinski definition) is 3. The van der Waals surface area contributed by atoms with Gasteiger partial charge in [0.05, 0.1) is 11.8 Å². The Bertz CT molecular complexity index is 587. The summed E-state index contributed by atoms with van der Waals surface area (Å²) in [5.41, 5.74) is 0. The van der Waals surface area contributed by atoms with Crippen LogP contribution in [0.25, 0.3) is 0 Å². The van der Waals surface area contributed by atoms with E-state index in [1.165, 1.54) is 17.8 Å². The third kappa shape index (κ3) is 4.05. The van der Waals surface area contributed by atoms with E-state index in [4.69, 9.17) is 0 Å². The van der Waals surface area contributed by atoms with E-state index in [0.717, 1.165) is 17.0 Å². The summed E-state index contributed by atoms with van der Waals surface area (Å²) in [5.74, 6) is -1.92. The highest BCUT2D eigenvalue weighted by atomic mass is 32.2. The standard InChI is InChI=1S/C14H13F2NOS2/c1-9(14(18)17-8-11-3-2-6-19-11)20-10-4-5-12(15)13(16)7-10/h2-7,9H,8H2,1H3,(H,17,18). The van der Waals surface area contributed by atoms with Crippen molar-refractivity contribution >= 4 is 29.0 Å². The molecule has 106 valence electrons. The fourth-order valence-corrected chi connectivity index (χ4v) is 3.10. The van der Waals surface area contributed by atoms with Crippen molar-refractivity contribution in [3.05, 3.63) is 52.2 Å². The summed E-state index contributed by atoms with van der Waals surface area (Å²) in [6, 6.07) is 7.49. The lowest BCUT2D eigenvalue weighted by Gasteiger charge is -2.11. The second kappa shape index (κ2) is 6.85. The Hall–Kier alpha value is -1.40. The van der Waals surface area contributed by atoms with Gasteiger partial charge in [-0.15, -0.1) is 23.1 Å². The summed E-state index contributed by atoms with van der Waals surface area (Å²) in [6.07, 6.45) is 0. The number of thiophene rings is 1. The lowest BCUT2D eigenvalue weighted by molar-refractivity contribution is -0.120. The van der Waals surface area contributed by atoms with Crippen LogP contribution in [0.15, 0.2) is 40.6 Å². The number of carbonyl (C=O) groups excluding carboxylic acids is 1. The Morgan fingerprint density at radius 3 is 2.80 bits per heavy atom. The number of hydrogen-bond donors (Lipinski definition) is 1. The molecular weight excluding hydrogens is 300 g/mol. The number of benzene rings is 1. The molecule has 6 heteroatoms. The average molecular weight is 313 g/mol. The van der Waals surface area contributed by atoms with Crippen LogP contribution in [0, 0.1) is 11.6 Å². The molecule has 1 aromatic carbocycles. The Balaban J connectivity index is 1.88. The molecule has 1 aromatic heterocycles. The normalized spacial score (nSPS) is 12.2. The van der Waals surface area contributed by atoms with E-state index in [0.29, 0.717) is 11.4 Å². The molecule has 0 aliphatic heterocycles. The van der Waals surface area contributed by atoms with Crippen molar-refractivity contribution < 1.29 is 13.6 Å². The van der Waals surface area contributed by atoms with Gasteiger partial charge in [-0.1, -0.05) is 6.07 Å². The summed E-state index contributed by atoms with van der Waals surface area (Å²) in [5, 5.41) is 4.38. The number of amides is 1. The van der Waals surface area contributed by atoms with Crippen molar-refractivity contribution in [1.29, 1.82) is 0 Å². The van der Waals surface area contributed by atoms with E-state index in [2.05, 4.69) is 5.32 Å². The number of rotatable bonds is 5. The van der Waals surface area contributed by atoms with Gasteiger partial charge in [0.2, 0.25) is 5.91 Å². The van der Waals surface area contributed by atoms with Crippen LogP contribution in [-0.2, 0) is 11.3 Å². The minimum absolute atomic E-state index is 0.131. The smallest absolute Gasteiger partial charge is 0.233 e. The lowest BCUT2D eigenvalue weighted by Crippen LogP contribution is -2.30. The molecule has 1 amide bonds. The van der Waals surface area contributed by atoms with E-state index in [1.54, 1.807) is 18.3 Å². The first-order valence-electron chi connectivity index (χ1n) is 5.98. The zero-order valence-electron chi connectivity index (χ0n) is 10.7. The minimum Gasteiger partial charge on any atom is -0.350 e. The van der Waals surface area contributed by atoms with Crippen molar-refractivity contribution in [2.75, 3.05) is 0 Å². The van der Waals surface area contributed by atoms with Crippen LogP contribution in [0.5, 0.6) is 0 Å². The SMILES string of the molecule is CC(Sc1ccc(F)c(F)c1)C(=O)NCc1cccs1. The maximum atomic E-state index is 13.1. The second-order valence-electron chi connectivity index (χ2n) is 4.13. The van der Waals surface area contributed by atoms with Crippen LogP contribution in [-0.4, -0.2) is 11.2 Å². The maximum Gasteiger partial charge on any atom is 0.233 e. The van der Waals surface area contributed by atoms with Crippen LogP contribution in [0.1, 0.15) is 11.8 Å². The fraction of sp³-hybridized carbons (Fsp3) is 0.214. The van der Waals surface area contributed by atoms with Gasteiger partial charge in [0, 0.05) is 9.77 Å². The quantitative estimate of drug-likeness (QED) is 0.850. The molecule has 2 rings (SSSR count). The van der Waals surface area contributed by atoms with Crippen molar-refractivity contribution in [2.45, 2.75) is 23.6 Å². The van der Waals surface area contributed by atoms with Gasteiger partial charge in [-0.2, -0.15) is 0 Å². The van der Waals surface area contributed by atoms with Gasteiger partial charge in [0.25, 0.3) is 0 Å². The molecule has 0 aliphatic rings. The molecule has 1 N–H and O–H groups in total. The lowest BCUT2D eigenvalue weighted by atomic mass is 10.3. The third-order valence-corrected chi connectivity index (χ3v) is 4.56. The Labute approximate surface area is 124 Å². The first kappa shape index (κ1) is 15.0. The zero-order chi connectivity index (χ0) is 14.5. The highest BCUT2D eigenvalue weighted by Gasteiger charge is 2.15. The van der Waals surface area contributed by atoms with E-state index in [-0.39, 0.29) is 11.2 Å². The highest BCUT2D eigenvalue weighted by Crippen LogP contribution is 2.25. The van der Waals surface area contributed by atoms with E-state index in [9.17, 15) is 13.6 Å². The van der Waals surface area contributed by atoms with E-state index >= 15 is 0 Å². The number of halogens is 2. The average Bonchev–Trinajstić information content (AvgIpc) is 2.93. The van der Waals surface area contributed by atoms with Crippen LogP contribution in [0.4, 0.5) is 8.78 Å². The number of thioether (sulfide) groups is 1. The van der Waals surface area contributed by atoms with Gasteiger partial charge >= 0.3 is 0 Å². The molecule has 0 bridgehead atoms. The summed E-state index contributed by atoms with van der Waals surface area (Å²) in [4.78, 5) is 13.5. The minimum atomic E-state index is -0.902. The molecule has 1 unspecified atom stereocenters. The molecule has 20 heavy (non-hydrogen) atoms.